The van der Waals surface area contributed by atoms with E-state index in [1.165, 1.54) is 24.3 Å². The highest BCUT2D eigenvalue weighted by atomic mass is 19.4. The lowest BCUT2D eigenvalue weighted by molar-refractivity contribution is -0.137. The van der Waals surface area contributed by atoms with E-state index in [1.54, 1.807) is 0 Å². The van der Waals surface area contributed by atoms with Gasteiger partial charge in [-0.25, -0.2) is 9.18 Å². The predicted molar refractivity (Wildman–Crippen MR) is 68.9 cm³/mol. The van der Waals surface area contributed by atoms with Gasteiger partial charge in [0.25, 0.3) is 0 Å². The normalized spacial score (nSPS) is 12.0. The van der Waals surface area contributed by atoms with Crippen molar-refractivity contribution in [3.05, 3.63) is 64.3 Å². The number of hydrogen-bond acceptors (Lipinski definition) is 1. The van der Waals surface area contributed by atoms with Gasteiger partial charge in [0.1, 0.15) is 5.82 Å². The molecule has 0 aliphatic heterocycles. The summed E-state index contributed by atoms with van der Waals surface area (Å²) < 4.78 is 53.3. The van der Waals surface area contributed by atoms with E-state index < -0.39 is 23.2 Å². The first-order chi connectivity index (χ1) is 9.88. The van der Waals surface area contributed by atoms with Crippen LogP contribution in [0.5, 0.6) is 0 Å². The van der Waals surface area contributed by atoms with Crippen molar-refractivity contribution in [1.29, 1.82) is 0 Å². The monoisotopic (exact) mass is 296 g/mol. The van der Waals surface area contributed by atoms with Gasteiger partial charge < -0.3 is 4.98 Å². The fourth-order valence-corrected chi connectivity index (χ4v) is 2.22. The second kappa shape index (κ2) is 4.47. The van der Waals surface area contributed by atoms with Crippen LogP contribution in [0.3, 0.4) is 0 Å². The summed E-state index contributed by atoms with van der Waals surface area (Å²) in [7, 11) is 0. The number of alkyl halides is 3. The van der Waals surface area contributed by atoms with Crippen molar-refractivity contribution in [1.82, 2.24) is 9.55 Å². The molecule has 1 N–H and O–H groups in total. The van der Waals surface area contributed by atoms with Crippen molar-refractivity contribution in [2.75, 3.05) is 0 Å². The second-order valence-corrected chi connectivity index (χ2v) is 4.44. The Morgan fingerprint density at radius 2 is 1.76 bits per heavy atom. The molecule has 0 atom stereocenters. The number of rotatable bonds is 1. The van der Waals surface area contributed by atoms with Gasteiger partial charge in [-0.2, -0.15) is 13.2 Å². The number of H-pyrrole nitrogens is 1. The summed E-state index contributed by atoms with van der Waals surface area (Å²) in [4.78, 5) is 14.4. The molecule has 0 spiro atoms. The molecule has 0 fully saturated rings. The first kappa shape index (κ1) is 13.4. The number of nitrogens with one attached hydrogen (secondary N) is 1. The second-order valence-electron chi connectivity index (χ2n) is 4.44. The molecule has 0 unspecified atom stereocenters. The van der Waals surface area contributed by atoms with E-state index >= 15 is 0 Å². The molecule has 0 bridgehead atoms. The lowest BCUT2D eigenvalue weighted by Gasteiger charge is -2.13. The molecule has 108 valence electrons. The zero-order chi connectivity index (χ0) is 15.2. The highest BCUT2D eigenvalue weighted by Gasteiger charge is 2.34. The number of nitrogens with zero attached hydrogens (tertiary/aromatic N) is 1. The quantitative estimate of drug-likeness (QED) is 0.686. The topological polar surface area (TPSA) is 37.8 Å². The summed E-state index contributed by atoms with van der Waals surface area (Å²) >= 11 is 0. The van der Waals surface area contributed by atoms with E-state index in [4.69, 9.17) is 0 Å². The molecule has 1 aromatic heterocycles. The Balaban J connectivity index is 2.39. The number of para-hydroxylation sites is 1. The van der Waals surface area contributed by atoms with Crippen molar-refractivity contribution in [2.24, 2.45) is 0 Å². The molecule has 3 nitrogen and oxygen atoms in total. The third-order valence-corrected chi connectivity index (χ3v) is 3.10. The summed E-state index contributed by atoms with van der Waals surface area (Å²) in [5.41, 5.74) is -1.74. The molecular formula is C14H8F4N2O. The maximum Gasteiger partial charge on any atom is 0.418 e. The van der Waals surface area contributed by atoms with Crippen molar-refractivity contribution < 1.29 is 17.6 Å². The molecule has 21 heavy (non-hydrogen) atoms. The number of halogens is 4. The molecule has 2 aromatic carbocycles. The number of benzene rings is 2. The molecule has 1 heterocycles. The Morgan fingerprint density at radius 1 is 1.05 bits per heavy atom. The first-order valence-electron chi connectivity index (χ1n) is 5.95. The average molecular weight is 296 g/mol. The lowest BCUT2D eigenvalue weighted by atomic mass is 10.1. The van der Waals surface area contributed by atoms with Crippen LogP contribution in [-0.4, -0.2) is 9.55 Å². The smallest absolute Gasteiger partial charge is 0.305 e. The lowest BCUT2D eigenvalue weighted by Crippen LogP contribution is -2.19. The van der Waals surface area contributed by atoms with Gasteiger partial charge in [0.05, 0.1) is 22.3 Å². The minimum absolute atomic E-state index is 0.0525. The fraction of sp³-hybridized carbons (Fsp3) is 0.0714. The van der Waals surface area contributed by atoms with Gasteiger partial charge in [-0.1, -0.05) is 12.1 Å². The molecule has 0 saturated carbocycles. The van der Waals surface area contributed by atoms with Crippen LogP contribution in [0.25, 0.3) is 16.7 Å². The van der Waals surface area contributed by atoms with Gasteiger partial charge in [-0.3, -0.25) is 4.57 Å². The fourth-order valence-electron chi connectivity index (χ4n) is 2.22. The van der Waals surface area contributed by atoms with Crippen LogP contribution < -0.4 is 5.69 Å². The summed E-state index contributed by atoms with van der Waals surface area (Å²) in [5.74, 6) is -0.639. The Morgan fingerprint density at radius 3 is 2.48 bits per heavy atom. The standard InChI is InChI=1S/C14H8F4N2O/c15-8-5-6-10-12(7-8)20(13(21)19-10)11-4-2-1-3-9(11)14(16,17)18/h1-7H,(H,19,21). The number of fused-ring (bicyclic) bond motifs is 1. The minimum atomic E-state index is -4.62. The molecule has 0 aliphatic rings. The van der Waals surface area contributed by atoms with E-state index in [9.17, 15) is 22.4 Å². The third kappa shape index (κ3) is 2.20. The Labute approximate surface area is 115 Å². The van der Waals surface area contributed by atoms with Gasteiger partial charge >= 0.3 is 11.9 Å². The van der Waals surface area contributed by atoms with E-state index in [1.807, 2.05) is 0 Å². The zero-order valence-electron chi connectivity index (χ0n) is 10.4. The number of hydrogen-bond donors (Lipinski definition) is 1. The van der Waals surface area contributed by atoms with E-state index in [-0.39, 0.29) is 16.7 Å². The molecule has 3 rings (SSSR count). The Bertz CT molecular complexity index is 877. The van der Waals surface area contributed by atoms with Crippen LogP contribution in [0, 0.1) is 5.82 Å². The SMILES string of the molecule is O=c1[nH]c2ccc(F)cc2n1-c1ccccc1C(F)(F)F. The molecule has 0 radical (unpaired) electrons. The van der Waals surface area contributed by atoms with Gasteiger partial charge in [0.2, 0.25) is 0 Å². The van der Waals surface area contributed by atoms with Crippen molar-refractivity contribution in [2.45, 2.75) is 6.18 Å². The average Bonchev–Trinajstić information content (AvgIpc) is 2.73. The van der Waals surface area contributed by atoms with Crippen LogP contribution in [0.15, 0.2) is 47.3 Å². The third-order valence-electron chi connectivity index (χ3n) is 3.10. The van der Waals surface area contributed by atoms with E-state index in [0.717, 1.165) is 22.8 Å². The van der Waals surface area contributed by atoms with E-state index in [0.29, 0.717) is 0 Å². The number of imidazole rings is 1. The summed E-state index contributed by atoms with van der Waals surface area (Å²) in [5, 5.41) is 0. The summed E-state index contributed by atoms with van der Waals surface area (Å²) in [6.45, 7) is 0. The first-order valence-corrected chi connectivity index (χ1v) is 5.95. The zero-order valence-corrected chi connectivity index (χ0v) is 10.4. The largest absolute Gasteiger partial charge is 0.418 e. The highest BCUT2D eigenvalue weighted by Crippen LogP contribution is 2.34. The van der Waals surface area contributed by atoms with Crippen LogP contribution in [0.4, 0.5) is 17.6 Å². The van der Waals surface area contributed by atoms with Crippen molar-refractivity contribution >= 4 is 11.0 Å². The molecule has 0 aliphatic carbocycles. The number of aromatic nitrogens is 2. The molecular weight excluding hydrogens is 288 g/mol. The van der Waals surface area contributed by atoms with Gasteiger partial charge in [0, 0.05) is 6.07 Å². The molecule has 3 aromatic rings. The van der Waals surface area contributed by atoms with Gasteiger partial charge in [-0.15, -0.1) is 0 Å². The minimum Gasteiger partial charge on any atom is -0.305 e. The van der Waals surface area contributed by atoms with Crippen LogP contribution in [-0.2, 0) is 6.18 Å². The van der Waals surface area contributed by atoms with Gasteiger partial charge in [-0.05, 0) is 24.3 Å². The van der Waals surface area contributed by atoms with Gasteiger partial charge in [0.15, 0.2) is 0 Å². The Kier molecular flexibility index (Phi) is 2.86. The van der Waals surface area contributed by atoms with Crippen LogP contribution in [0.2, 0.25) is 0 Å². The summed E-state index contributed by atoms with van der Waals surface area (Å²) in [6, 6.07) is 8.10. The maximum atomic E-state index is 13.3. The highest BCUT2D eigenvalue weighted by molar-refractivity contribution is 5.77. The summed E-state index contributed by atoms with van der Waals surface area (Å²) in [6.07, 6.45) is -4.62. The maximum absolute atomic E-state index is 13.3. The van der Waals surface area contributed by atoms with E-state index in [2.05, 4.69) is 4.98 Å². The van der Waals surface area contributed by atoms with Crippen LogP contribution in [0.1, 0.15) is 5.56 Å². The molecule has 7 heteroatoms. The van der Waals surface area contributed by atoms with Crippen LogP contribution >= 0.6 is 0 Å². The van der Waals surface area contributed by atoms with Crippen molar-refractivity contribution in [3.8, 4) is 5.69 Å². The molecule has 0 amide bonds. The van der Waals surface area contributed by atoms with Crippen molar-refractivity contribution in [3.63, 3.8) is 0 Å². The molecule has 0 saturated heterocycles. The predicted octanol–water partition coefficient (Wildman–Crippen LogP) is 3.48. The Hall–Kier alpha value is -2.57. The number of aromatic amines is 1.